The summed E-state index contributed by atoms with van der Waals surface area (Å²) in [5.74, 6) is -1.63. The van der Waals surface area contributed by atoms with Crippen LogP contribution in [-0.4, -0.2) is 32.9 Å². The molecule has 0 radical (unpaired) electrons. The molecular formula is C25H20ClN3O4. The van der Waals surface area contributed by atoms with Gasteiger partial charge in [0.1, 0.15) is 0 Å². The van der Waals surface area contributed by atoms with Crippen molar-refractivity contribution in [3.05, 3.63) is 93.5 Å². The number of halogens is 1. The number of aromatic hydroxyl groups is 1. The van der Waals surface area contributed by atoms with Crippen molar-refractivity contribution in [1.82, 2.24) is 9.99 Å². The van der Waals surface area contributed by atoms with Crippen molar-refractivity contribution in [2.45, 2.75) is 13.8 Å². The van der Waals surface area contributed by atoms with Crippen LogP contribution in [0.15, 0.2) is 65.8 Å². The lowest BCUT2D eigenvalue weighted by atomic mass is 10.1. The first-order valence-electron chi connectivity index (χ1n) is 10.0. The molecule has 0 atom stereocenters. The number of benzene rings is 3. The molecule has 1 amide bonds. The van der Waals surface area contributed by atoms with Crippen LogP contribution in [0.3, 0.4) is 0 Å². The van der Waals surface area contributed by atoms with Gasteiger partial charge in [-0.25, -0.2) is 10.2 Å². The lowest BCUT2D eigenvalue weighted by Crippen LogP contribution is -2.17. The molecule has 3 N–H and O–H groups in total. The van der Waals surface area contributed by atoms with Crippen LogP contribution in [0.4, 0.5) is 0 Å². The molecule has 4 rings (SSSR count). The maximum Gasteiger partial charge on any atom is 0.335 e. The normalized spacial score (nSPS) is 11.2. The third-order valence-corrected chi connectivity index (χ3v) is 5.66. The minimum absolute atomic E-state index is 0.0756. The van der Waals surface area contributed by atoms with E-state index in [0.29, 0.717) is 32.7 Å². The average Bonchev–Trinajstić information content (AvgIpc) is 3.06. The Balaban J connectivity index is 1.73. The van der Waals surface area contributed by atoms with Gasteiger partial charge in [0.25, 0.3) is 5.91 Å². The zero-order chi connectivity index (χ0) is 23.7. The molecule has 4 aromatic rings. The molecule has 166 valence electrons. The van der Waals surface area contributed by atoms with Gasteiger partial charge < -0.3 is 10.2 Å². The third-order valence-electron chi connectivity index (χ3n) is 5.42. The lowest BCUT2D eigenvalue weighted by molar-refractivity contribution is 0.0696. The number of carbonyl (C=O) groups is 2. The van der Waals surface area contributed by atoms with E-state index >= 15 is 0 Å². The van der Waals surface area contributed by atoms with E-state index in [1.54, 1.807) is 42.5 Å². The van der Waals surface area contributed by atoms with Gasteiger partial charge in [0.15, 0.2) is 0 Å². The van der Waals surface area contributed by atoms with Gasteiger partial charge in [-0.3, -0.25) is 9.36 Å². The number of carboxylic acid groups (broad SMARTS) is 1. The second kappa shape index (κ2) is 8.80. The van der Waals surface area contributed by atoms with E-state index < -0.39 is 5.97 Å². The van der Waals surface area contributed by atoms with Crippen LogP contribution in [0.25, 0.3) is 16.6 Å². The second-order valence-electron chi connectivity index (χ2n) is 7.59. The number of carboxylic acids is 1. The third kappa shape index (κ3) is 4.31. The molecule has 0 aliphatic carbocycles. The number of aromatic nitrogens is 1. The van der Waals surface area contributed by atoms with Crippen LogP contribution in [-0.2, 0) is 0 Å². The number of fused-ring (bicyclic) bond motifs is 1. The number of rotatable bonds is 5. The van der Waals surface area contributed by atoms with Crippen LogP contribution in [0.1, 0.15) is 37.4 Å². The molecule has 0 aliphatic rings. The van der Waals surface area contributed by atoms with Crippen molar-refractivity contribution in [3.8, 4) is 11.6 Å². The van der Waals surface area contributed by atoms with Crippen molar-refractivity contribution in [2.24, 2.45) is 5.10 Å². The molecule has 0 unspecified atom stereocenters. The van der Waals surface area contributed by atoms with Gasteiger partial charge in [-0.05, 0) is 67.4 Å². The van der Waals surface area contributed by atoms with E-state index in [1.165, 1.54) is 22.9 Å². The lowest BCUT2D eigenvalue weighted by Gasteiger charge is -2.08. The summed E-state index contributed by atoms with van der Waals surface area (Å²) >= 11 is 6.18. The summed E-state index contributed by atoms with van der Waals surface area (Å²) in [7, 11) is 0. The zero-order valence-corrected chi connectivity index (χ0v) is 18.6. The highest BCUT2D eigenvalue weighted by atomic mass is 35.5. The minimum atomic E-state index is -1.08. The standard InChI is InChI=1S/C25H20ClN3O4/c1-14-6-7-16(10-15(14)2)23(30)28-27-13-21-20-9-8-18(26)12-22(20)29(24(21)31)19-5-3-4-17(11-19)25(32)33/h3-13,31H,1-2H3,(H,28,30)(H,32,33)/b27-13+. The van der Waals surface area contributed by atoms with Crippen molar-refractivity contribution in [1.29, 1.82) is 0 Å². The Morgan fingerprint density at radius 2 is 1.79 bits per heavy atom. The van der Waals surface area contributed by atoms with Gasteiger partial charge in [-0.15, -0.1) is 0 Å². The SMILES string of the molecule is Cc1ccc(C(=O)N/N=C/c2c(O)n(-c3cccc(C(=O)O)c3)c3cc(Cl)ccc23)cc1C. The van der Waals surface area contributed by atoms with Gasteiger partial charge in [0.2, 0.25) is 5.88 Å². The van der Waals surface area contributed by atoms with E-state index in [9.17, 15) is 19.8 Å². The number of aryl methyl sites for hydroxylation is 2. The van der Waals surface area contributed by atoms with Crippen molar-refractivity contribution < 1.29 is 19.8 Å². The molecule has 8 heteroatoms. The predicted molar refractivity (Wildman–Crippen MR) is 128 cm³/mol. The summed E-state index contributed by atoms with van der Waals surface area (Å²) in [6.45, 7) is 3.89. The molecular weight excluding hydrogens is 442 g/mol. The second-order valence-corrected chi connectivity index (χ2v) is 8.02. The number of nitrogens with zero attached hydrogens (tertiary/aromatic N) is 2. The Labute approximate surface area is 194 Å². The van der Waals surface area contributed by atoms with E-state index in [0.717, 1.165) is 11.1 Å². The topological polar surface area (TPSA) is 104 Å². The van der Waals surface area contributed by atoms with E-state index in [1.807, 2.05) is 19.9 Å². The molecule has 0 spiro atoms. The van der Waals surface area contributed by atoms with Crippen LogP contribution >= 0.6 is 11.6 Å². The monoisotopic (exact) mass is 461 g/mol. The van der Waals surface area contributed by atoms with Gasteiger partial charge >= 0.3 is 5.97 Å². The summed E-state index contributed by atoms with van der Waals surface area (Å²) in [5.41, 5.74) is 6.45. The molecule has 1 heterocycles. The molecule has 3 aromatic carbocycles. The summed E-state index contributed by atoms with van der Waals surface area (Å²) < 4.78 is 1.49. The maximum atomic E-state index is 12.5. The first kappa shape index (κ1) is 22.1. The van der Waals surface area contributed by atoms with Gasteiger partial charge in [-0.1, -0.05) is 29.8 Å². The molecule has 1 aromatic heterocycles. The minimum Gasteiger partial charge on any atom is -0.494 e. The Bertz CT molecular complexity index is 1440. The fourth-order valence-electron chi connectivity index (χ4n) is 3.54. The maximum absolute atomic E-state index is 12.5. The quantitative estimate of drug-likeness (QED) is 0.285. The Morgan fingerprint density at radius 3 is 2.52 bits per heavy atom. The molecule has 0 aliphatic heterocycles. The summed E-state index contributed by atoms with van der Waals surface area (Å²) in [4.78, 5) is 23.9. The van der Waals surface area contributed by atoms with Crippen LogP contribution < -0.4 is 5.43 Å². The summed E-state index contributed by atoms with van der Waals surface area (Å²) in [5, 5.41) is 25.4. The smallest absolute Gasteiger partial charge is 0.335 e. The fourth-order valence-corrected chi connectivity index (χ4v) is 3.71. The number of aromatic carboxylic acids is 1. The largest absolute Gasteiger partial charge is 0.494 e. The summed E-state index contributed by atoms with van der Waals surface area (Å²) in [6.07, 6.45) is 1.35. The first-order valence-corrected chi connectivity index (χ1v) is 10.4. The van der Waals surface area contributed by atoms with Gasteiger partial charge in [0.05, 0.1) is 22.9 Å². The highest BCUT2D eigenvalue weighted by Gasteiger charge is 2.18. The highest BCUT2D eigenvalue weighted by Crippen LogP contribution is 2.35. The van der Waals surface area contributed by atoms with Crippen LogP contribution in [0.2, 0.25) is 5.02 Å². The van der Waals surface area contributed by atoms with Crippen molar-refractivity contribution >= 4 is 40.6 Å². The summed E-state index contributed by atoms with van der Waals surface area (Å²) in [6, 6.07) is 16.6. The van der Waals surface area contributed by atoms with E-state index in [4.69, 9.17) is 11.6 Å². The number of hydrogen-bond donors (Lipinski definition) is 3. The zero-order valence-electron chi connectivity index (χ0n) is 17.8. The molecule has 0 saturated carbocycles. The van der Waals surface area contributed by atoms with Gasteiger partial charge in [0, 0.05) is 21.7 Å². The van der Waals surface area contributed by atoms with E-state index in [2.05, 4.69) is 10.5 Å². The fraction of sp³-hybridized carbons (Fsp3) is 0.0800. The first-order chi connectivity index (χ1) is 15.8. The number of carbonyl (C=O) groups excluding carboxylic acids is 1. The number of hydrazone groups is 1. The van der Waals surface area contributed by atoms with E-state index in [-0.39, 0.29) is 17.4 Å². The van der Waals surface area contributed by atoms with Crippen molar-refractivity contribution in [2.75, 3.05) is 0 Å². The Hall–Kier alpha value is -4.10. The Morgan fingerprint density at radius 1 is 1.00 bits per heavy atom. The highest BCUT2D eigenvalue weighted by molar-refractivity contribution is 6.31. The average molecular weight is 462 g/mol. The number of nitrogens with one attached hydrogen (secondary N) is 1. The number of hydrogen-bond acceptors (Lipinski definition) is 4. The van der Waals surface area contributed by atoms with Crippen LogP contribution in [0.5, 0.6) is 5.88 Å². The van der Waals surface area contributed by atoms with Crippen molar-refractivity contribution in [3.63, 3.8) is 0 Å². The van der Waals surface area contributed by atoms with Gasteiger partial charge in [-0.2, -0.15) is 5.10 Å². The Kier molecular flexibility index (Phi) is 5.89. The molecule has 0 bridgehead atoms. The predicted octanol–water partition coefficient (Wildman–Crippen LogP) is 5.07. The van der Waals surface area contributed by atoms with Crippen LogP contribution in [0, 0.1) is 13.8 Å². The molecule has 0 saturated heterocycles. The molecule has 33 heavy (non-hydrogen) atoms. The molecule has 7 nitrogen and oxygen atoms in total. The molecule has 0 fully saturated rings. The number of amides is 1.